The molecule has 3 aromatic rings. The van der Waals surface area contributed by atoms with Crippen molar-refractivity contribution in [1.29, 1.82) is 0 Å². The number of nitrogens with one attached hydrogen (secondary N) is 1. The van der Waals surface area contributed by atoms with Crippen LogP contribution in [0.15, 0.2) is 60.9 Å². The molecule has 2 nitrogen and oxygen atoms in total. The summed E-state index contributed by atoms with van der Waals surface area (Å²) in [6, 6.07) is 17.2. The quantitative estimate of drug-likeness (QED) is 0.753. The van der Waals surface area contributed by atoms with Crippen LogP contribution < -0.4 is 5.32 Å². The number of rotatable bonds is 4. The van der Waals surface area contributed by atoms with E-state index < -0.39 is 0 Å². The molecule has 0 bridgehead atoms. The number of nitrogens with zero attached hydrogens (tertiary/aromatic N) is 1. The molecule has 100 valence electrons. The van der Waals surface area contributed by atoms with Gasteiger partial charge in [0, 0.05) is 30.0 Å². The molecule has 0 aliphatic rings. The summed E-state index contributed by atoms with van der Waals surface area (Å²) < 4.78 is 0. The zero-order chi connectivity index (χ0) is 13.8. The van der Waals surface area contributed by atoms with E-state index in [9.17, 15) is 0 Å². The second-order valence-electron chi connectivity index (χ2n) is 4.96. The zero-order valence-corrected chi connectivity index (χ0v) is 11.6. The van der Waals surface area contributed by atoms with E-state index in [0.29, 0.717) is 0 Å². The van der Waals surface area contributed by atoms with E-state index in [1.54, 1.807) is 0 Å². The van der Waals surface area contributed by atoms with Crippen LogP contribution in [0.4, 0.5) is 5.69 Å². The predicted octanol–water partition coefficient (Wildman–Crippen LogP) is 4.41. The van der Waals surface area contributed by atoms with Crippen molar-refractivity contribution in [3.05, 3.63) is 72.1 Å². The standard InChI is InChI=1S/C18H18N2/c1-2-14-4-7-18(8-5-14)20-12-15-3-6-17-13-19-10-9-16(17)11-15/h3-11,13,20H,2,12H2,1H3. The van der Waals surface area contributed by atoms with Crippen molar-refractivity contribution in [3.8, 4) is 0 Å². The van der Waals surface area contributed by atoms with Crippen LogP contribution in [-0.2, 0) is 13.0 Å². The number of anilines is 1. The molecule has 0 saturated carbocycles. The molecular weight excluding hydrogens is 244 g/mol. The van der Waals surface area contributed by atoms with Gasteiger partial charge in [0.2, 0.25) is 0 Å². The number of fused-ring (bicyclic) bond motifs is 1. The number of benzene rings is 2. The highest BCUT2D eigenvalue weighted by Crippen LogP contribution is 2.16. The van der Waals surface area contributed by atoms with Gasteiger partial charge in [-0.05, 0) is 47.2 Å². The molecule has 0 saturated heterocycles. The van der Waals surface area contributed by atoms with Crippen LogP contribution in [0, 0.1) is 0 Å². The maximum atomic E-state index is 4.14. The van der Waals surface area contributed by atoms with Crippen molar-refractivity contribution < 1.29 is 0 Å². The van der Waals surface area contributed by atoms with Crippen LogP contribution in [0.3, 0.4) is 0 Å². The topological polar surface area (TPSA) is 24.9 Å². The Morgan fingerprint density at radius 3 is 2.50 bits per heavy atom. The first-order valence-electron chi connectivity index (χ1n) is 7.00. The fourth-order valence-electron chi connectivity index (χ4n) is 2.31. The van der Waals surface area contributed by atoms with Gasteiger partial charge in [0.25, 0.3) is 0 Å². The summed E-state index contributed by atoms with van der Waals surface area (Å²) in [6.07, 6.45) is 4.82. The Morgan fingerprint density at radius 2 is 1.70 bits per heavy atom. The van der Waals surface area contributed by atoms with Gasteiger partial charge in [-0.2, -0.15) is 0 Å². The smallest absolute Gasteiger partial charge is 0.0401 e. The highest BCUT2D eigenvalue weighted by Gasteiger charge is 1.97. The summed E-state index contributed by atoms with van der Waals surface area (Å²) in [5.74, 6) is 0. The van der Waals surface area contributed by atoms with Crippen molar-refractivity contribution in [1.82, 2.24) is 4.98 Å². The number of pyridine rings is 1. The molecule has 0 atom stereocenters. The molecule has 0 aliphatic heterocycles. The van der Waals surface area contributed by atoms with Gasteiger partial charge in [-0.15, -0.1) is 0 Å². The molecule has 3 rings (SSSR count). The van der Waals surface area contributed by atoms with Gasteiger partial charge in [-0.3, -0.25) is 4.98 Å². The number of aryl methyl sites for hydroxylation is 1. The molecule has 1 N–H and O–H groups in total. The molecule has 1 heterocycles. The number of aromatic nitrogens is 1. The highest BCUT2D eigenvalue weighted by molar-refractivity contribution is 5.82. The number of hydrogen-bond acceptors (Lipinski definition) is 2. The Morgan fingerprint density at radius 1 is 0.900 bits per heavy atom. The molecule has 20 heavy (non-hydrogen) atoms. The van der Waals surface area contributed by atoms with E-state index >= 15 is 0 Å². The largest absolute Gasteiger partial charge is 0.381 e. The summed E-state index contributed by atoms with van der Waals surface area (Å²) in [5.41, 5.74) is 3.81. The third-order valence-electron chi connectivity index (χ3n) is 3.56. The maximum absolute atomic E-state index is 4.14. The zero-order valence-electron chi connectivity index (χ0n) is 11.6. The van der Waals surface area contributed by atoms with Crippen molar-refractivity contribution >= 4 is 16.5 Å². The van der Waals surface area contributed by atoms with Crippen molar-refractivity contribution in [2.75, 3.05) is 5.32 Å². The lowest BCUT2D eigenvalue weighted by Crippen LogP contribution is -1.99. The van der Waals surface area contributed by atoms with Crippen LogP contribution in [0.1, 0.15) is 18.1 Å². The van der Waals surface area contributed by atoms with Crippen LogP contribution in [0.25, 0.3) is 10.8 Å². The Bertz CT molecular complexity index is 702. The summed E-state index contributed by atoms with van der Waals surface area (Å²) in [6.45, 7) is 3.01. The molecule has 2 aromatic carbocycles. The van der Waals surface area contributed by atoms with Crippen molar-refractivity contribution in [2.45, 2.75) is 19.9 Å². The van der Waals surface area contributed by atoms with Crippen LogP contribution in [0.2, 0.25) is 0 Å². The van der Waals surface area contributed by atoms with Gasteiger partial charge in [-0.25, -0.2) is 0 Å². The monoisotopic (exact) mass is 262 g/mol. The van der Waals surface area contributed by atoms with E-state index in [2.05, 4.69) is 65.8 Å². The molecule has 0 unspecified atom stereocenters. The lowest BCUT2D eigenvalue weighted by molar-refractivity contribution is 1.12. The Balaban J connectivity index is 1.72. The first-order valence-corrected chi connectivity index (χ1v) is 7.00. The lowest BCUT2D eigenvalue weighted by atomic mass is 10.1. The second kappa shape index (κ2) is 5.74. The Hall–Kier alpha value is -2.35. The first kappa shape index (κ1) is 12.7. The van der Waals surface area contributed by atoms with Gasteiger partial charge in [0.1, 0.15) is 0 Å². The predicted molar refractivity (Wildman–Crippen MR) is 84.9 cm³/mol. The van der Waals surface area contributed by atoms with E-state index in [4.69, 9.17) is 0 Å². The van der Waals surface area contributed by atoms with Crippen molar-refractivity contribution in [3.63, 3.8) is 0 Å². The average molecular weight is 262 g/mol. The minimum atomic E-state index is 0.837. The molecule has 0 radical (unpaired) electrons. The summed E-state index contributed by atoms with van der Waals surface area (Å²) in [4.78, 5) is 4.14. The minimum absolute atomic E-state index is 0.837. The van der Waals surface area contributed by atoms with Crippen LogP contribution >= 0.6 is 0 Å². The Kier molecular flexibility index (Phi) is 3.64. The summed E-state index contributed by atoms with van der Waals surface area (Å²) in [5, 5.41) is 5.88. The average Bonchev–Trinajstić information content (AvgIpc) is 2.53. The molecule has 1 aromatic heterocycles. The van der Waals surface area contributed by atoms with Gasteiger partial charge in [0.05, 0.1) is 0 Å². The maximum Gasteiger partial charge on any atom is 0.0401 e. The second-order valence-corrected chi connectivity index (χ2v) is 4.96. The molecule has 0 amide bonds. The molecule has 0 spiro atoms. The fraction of sp³-hybridized carbons (Fsp3) is 0.167. The third-order valence-corrected chi connectivity index (χ3v) is 3.56. The fourth-order valence-corrected chi connectivity index (χ4v) is 2.31. The van der Waals surface area contributed by atoms with Crippen molar-refractivity contribution in [2.24, 2.45) is 0 Å². The molecule has 0 aliphatic carbocycles. The van der Waals surface area contributed by atoms with Gasteiger partial charge in [-0.1, -0.05) is 31.2 Å². The molecule has 0 fully saturated rings. The van der Waals surface area contributed by atoms with E-state index in [1.807, 2.05) is 12.4 Å². The third kappa shape index (κ3) is 2.80. The molecular formula is C18H18N2. The van der Waals surface area contributed by atoms with Gasteiger partial charge >= 0.3 is 0 Å². The SMILES string of the molecule is CCc1ccc(NCc2ccc3cnccc3c2)cc1. The van der Waals surface area contributed by atoms with Crippen LogP contribution in [0.5, 0.6) is 0 Å². The van der Waals surface area contributed by atoms with Gasteiger partial charge in [0.15, 0.2) is 0 Å². The van der Waals surface area contributed by atoms with E-state index in [0.717, 1.165) is 18.7 Å². The summed E-state index contributed by atoms with van der Waals surface area (Å²) in [7, 11) is 0. The van der Waals surface area contributed by atoms with E-state index in [-0.39, 0.29) is 0 Å². The lowest BCUT2D eigenvalue weighted by Gasteiger charge is -2.08. The molecule has 2 heteroatoms. The first-order chi connectivity index (χ1) is 9.85. The van der Waals surface area contributed by atoms with Crippen LogP contribution in [-0.4, -0.2) is 4.98 Å². The summed E-state index contributed by atoms with van der Waals surface area (Å²) >= 11 is 0. The normalized spacial score (nSPS) is 10.7. The van der Waals surface area contributed by atoms with E-state index in [1.165, 1.54) is 21.9 Å². The van der Waals surface area contributed by atoms with Gasteiger partial charge < -0.3 is 5.32 Å². The Labute approximate surface area is 119 Å². The minimum Gasteiger partial charge on any atom is -0.381 e. The highest BCUT2D eigenvalue weighted by atomic mass is 14.9. The number of hydrogen-bond donors (Lipinski definition) is 1.